The number of rotatable bonds is 17. The minimum atomic E-state index is -1.93. The van der Waals surface area contributed by atoms with Crippen LogP contribution in [0.4, 0.5) is 0 Å². The molecule has 0 unspecified atom stereocenters. The number of allylic oxidation sites excluding steroid dienone is 1. The van der Waals surface area contributed by atoms with Crippen LogP contribution in [0.15, 0.2) is 12.2 Å². The van der Waals surface area contributed by atoms with E-state index in [0.717, 1.165) is 24.8 Å². The van der Waals surface area contributed by atoms with E-state index in [4.69, 9.17) is 56.8 Å². The number of aliphatic hydroxyl groups is 18. The van der Waals surface area contributed by atoms with Crippen molar-refractivity contribution in [3.05, 3.63) is 12.2 Å². The van der Waals surface area contributed by atoms with Gasteiger partial charge in [0.15, 0.2) is 31.5 Å². The molecule has 0 radical (unpaired) electrons. The third-order valence-electron chi connectivity index (χ3n) is 25.8. The summed E-state index contributed by atoms with van der Waals surface area (Å²) < 4.78 is 71.8. The SMILES string of the molecule is C=C(C)[C@H]1CC[C@@]2(C(=O)O[C@H]3O[C@@H](CO[C@H]4O[C@@H](CO)[C@H](O[C@H]5O[C@H](C)[C@@H](O)[C@H](O)[C@@H]5O)[C@@H](O)[C@@H]4O)[C@H](O)[C@@H](O)[C@@H]3O)CC[C@@]3(C)[C@@H](CC[C@H]4[C@]5(C)CC[C@@H](O[C@H]6OC[C@@H](O[C@H]7O[C@@H](CO)[C@H](O)[C@@H](O)[C@@H]7O)[C@@H](O)[C@@H]6O[C@H]6O[C@H](C)[C@@H](O)[C@H](O)[C@@H]6O)[C@](C)(CO)[C@H]5CC[C@@]43C)[C@H]12. The van der Waals surface area contributed by atoms with Crippen LogP contribution in [0, 0.1) is 56.7 Å². The van der Waals surface area contributed by atoms with E-state index in [1.807, 2.05) is 13.8 Å². The molecule has 6 saturated heterocycles. The van der Waals surface area contributed by atoms with Crippen LogP contribution in [0.25, 0.3) is 0 Å². The van der Waals surface area contributed by atoms with Crippen LogP contribution in [0.3, 0.4) is 0 Å². The van der Waals surface area contributed by atoms with Gasteiger partial charge in [-0.15, -0.1) is 0 Å². The lowest BCUT2D eigenvalue weighted by Gasteiger charge is -2.73. The zero-order valence-corrected chi connectivity index (χ0v) is 55.4. The second-order valence-electron chi connectivity index (χ2n) is 30.8. The first-order chi connectivity index (χ1) is 45.2. The first-order valence-electron chi connectivity index (χ1n) is 34.2. The second-order valence-corrected chi connectivity index (χ2v) is 30.8. The van der Waals surface area contributed by atoms with Crippen molar-refractivity contribution in [1.29, 1.82) is 0 Å². The van der Waals surface area contributed by atoms with E-state index in [2.05, 4.69) is 27.4 Å². The predicted molar refractivity (Wildman–Crippen MR) is 321 cm³/mol. The molecule has 0 aromatic carbocycles. The molecule has 5 aliphatic carbocycles. The molecular formula is C65H106O31. The third-order valence-corrected chi connectivity index (χ3v) is 25.8. The van der Waals surface area contributed by atoms with Crippen LogP contribution in [0.2, 0.25) is 0 Å². The Morgan fingerprint density at radius 1 is 0.479 bits per heavy atom. The summed E-state index contributed by atoms with van der Waals surface area (Å²) in [7, 11) is 0. The number of ether oxygens (including phenoxy) is 12. The fourth-order valence-electron chi connectivity index (χ4n) is 19.9. The van der Waals surface area contributed by atoms with Gasteiger partial charge in [0.25, 0.3) is 0 Å². The van der Waals surface area contributed by atoms with Gasteiger partial charge < -0.3 is 149 Å². The topological polar surface area (TPSA) is 492 Å². The summed E-state index contributed by atoms with van der Waals surface area (Å²) in [5.41, 5.74) is -2.21. The van der Waals surface area contributed by atoms with Gasteiger partial charge >= 0.3 is 5.97 Å². The molecule has 96 heavy (non-hydrogen) atoms. The molecule has 31 heteroatoms. The molecule has 5 saturated carbocycles. The Labute approximate surface area is 556 Å². The van der Waals surface area contributed by atoms with Gasteiger partial charge in [-0.1, -0.05) is 39.8 Å². The maximum atomic E-state index is 15.3. The normalized spacial score (nSPS) is 56.0. The first-order valence-corrected chi connectivity index (χ1v) is 34.2. The second kappa shape index (κ2) is 28.6. The minimum Gasteiger partial charge on any atom is -0.432 e. The number of fused-ring (bicyclic) bond motifs is 7. The van der Waals surface area contributed by atoms with Gasteiger partial charge in [0.05, 0.1) is 56.8 Å². The van der Waals surface area contributed by atoms with E-state index in [1.165, 1.54) is 13.8 Å². The molecule has 11 fully saturated rings. The summed E-state index contributed by atoms with van der Waals surface area (Å²) in [4.78, 5) is 15.3. The standard InChI is InChI=1S/C65H106O31/c1-24(2)27-11-16-65(60(84)96-58-50(82)45(77)40(72)31(91-58)21-85-54-51(83)46(78)52(30(20-67)90-54)94-55-47(79)42(74)37(69)25(3)87-55)18-17-63(7)28(36(27)65)9-10-34-61(5)14-13-35(62(6,23-68)33(61)12-15-64(34,63)8)93-59-53(95-56-48(80)43(75)38(70)26(4)88-56)41(73)32(22-86-59)92-57-49(81)44(76)39(71)29(19-66)89-57/h25-59,66-83H,1,9-23H2,2-8H3/t25-,26-,27-,28+,29+,30+,31+,32-,33+,34+,35-,36+,37-,38-,39+,40+,41-,42+,43+,44-,45-,46+,47+,48+,49+,50+,51+,52+,53+,54+,55-,56-,57-,58-,59-,61-,62-,63+,64+,65-/m1/s1. The van der Waals surface area contributed by atoms with Gasteiger partial charge in [0.1, 0.15) is 128 Å². The van der Waals surface area contributed by atoms with Gasteiger partial charge in [0.2, 0.25) is 6.29 Å². The molecule has 40 atom stereocenters. The number of hydrogen-bond acceptors (Lipinski definition) is 31. The van der Waals surface area contributed by atoms with Crippen LogP contribution in [-0.4, -0.2) is 315 Å². The van der Waals surface area contributed by atoms with Crippen molar-refractivity contribution >= 4 is 5.97 Å². The van der Waals surface area contributed by atoms with E-state index in [-0.39, 0.29) is 47.0 Å². The summed E-state index contributed by atoms with van der Waals surface area (Å²) in [6.45, 7) is 15.3. The maximum Gasteiger partial charge on any atom is 0.314 e. The largest absolute Gasteiger partial charge is 0.432 e. The molecule has 6 aliphatic heterocycles. The highest BCUT2D eigenvalue weighted by molar-refractivity contribution is 5.78. The number of carbonyl (C=O) groups excluding carboxylic acids is 1. The van der Waals surface area contributed by atoms with E-state index in [0.29, 0.717) is 44.9 Å². The number of esters is 1. The molecule has 0 aromatic heterocycles. The molecule has 31 nitrogen and oxygen atoms in total. The molecule has 0 bridgehead atoms. The Morgan fingerprint density at radius 2 is 1.02 bits per heavy atom. The highest BCUT2D eigenvalue weighted by Gasteiger charge is 2.73. The van der Waals surface area contributed by atoms with Gasteiger partial charge in [-0.3, -0.25) is 4.79 Å². The summed E-state index contributed by atoms with van der Waals surface area (Å²) >= 11 is 0. The first kappa shape index (κ1) is 75.2. The van der Waals surface area contributed by atoms with Crippen LogP contribution >= 0.6 is 0 Å². The third kappa shape index (κ3) is 12.6. The summed E-state index contributed by atoms with van der Waals surface area (Å²) in [6.07, 6.45) is -42.1. The quantitative estimate of drug-likeness (QED) is 0.0369. The summed E-state index contributed by atoms with van der Waals surface area (Å²) in [5.74, 6) is -1.10. The molecule has 18 N–H and O–H groups in total. The zero-order chi connectivity index (χ0) is 70.0. The monoisotopic (exact) mass is 1380 g/mol. The molecule has 11 aliphatic rings. The zero-order valence-electron chi connectivity index (χ0n) is 55.4. The van der Waals surface area contributed by atoms with Crippen LogP contribution in [0.5, 0.6) is 0 Å². The fraction of sp³-hybridized carbons (Fsp3) is 0.954. The highest BCUT2D eigenvalue weighted by atomic mass is 16.8. The van der Waals surface area contributed by atoms with E-state index in [1.54, 1.807) is 0 Å². The molecule has 0 aromatic rings. The summed E-state index contributed by atoms with van der Waals surface area (Å²) in [6, 6.07) is 0. The molecule has 11 rings (SSSR count). The molecule has 552 valence electrons. The van der Waals surface area contributed by atoms with Crippen molar-refractivity contribution in [2.24, 2.45) is 56.7 Å². The number of hydrogen-bond donors (Lipinski definition) is 18. The van der Waals surface area contributed by atoms with E-state index >= 15 is 4.79 Å². The average molecular weight is 1380 g/mol. The van der Waals surface area contributed by atoms with Crippen molar-refractivity contribution in [3.8, 4) is 0 Å². The molecular weight excluding hydrogens is 1280 g/mol. The predicted octanol–water partition coefficient (Wildman–Crippen LogP) is -4.86. The molecule has 0 amide bonds. The smallest absolute Gasteiger partial charge is 0.314 e. The van der Waals surface area contributed by atoms with Gasteiger partial charge in [-0.2, -0.15) is 0 Å². The Bertz CT molecular complexity index is 2670. The van der Waals surface area contributed by atoms with Crippen molar-refractivity contribution < 1.29 is 154 Å². The Hall–Kier alpha value is -1.95. The van der Waals surface area contributed by atoms with Crippen LogP contribution in [-0.2, 0) is 61.6 Å². The fourth-order valence-corrected chi connectivity index (χ4v) is 19.9. The van der Waals surface area contributed by atoms with E-state index < -0.39 is 233 Å². The van der Waals surface area contributed by atoms with Crippen molar-refractivity contribution in [2.75, 3.05) is 33.0 Å². The lowest BCUT2D eigenvalue weighted by molar-refractivity contribution is -0.382. The Balaban J connectivity index is 0.776. The maximum absolute atomic E-state index is 15.3. The van der Waals surface area contributed by atoms with E-state index in [9.17, 15) is 91.9 Å². The molecule has 0 spiro atoms. The lowest BCUT2D eigenvalue weighted by atomic mass is 9.32. The van der Waals surface area contributed by atoms with Crippen molar-refractivity contribution in [1.82, 2.24) is 0 Å². The van der Waals surface area contributed by atoms with Gasteiger partial charge in [0, 0.05) is 5.41 Å². The Morgan fingerprint density at radius 3 is 1.61 bits per heavy atom. The average Bonchev–Trinajstić information content (AvgIpc) is 1.14. The highest BCUT2D eigenvalue weighted by Crippen LogP contribution is 2.78. The Kier molecular flexibility index (Phi) is 22.4. The number of aliphatic hydroxyl groups excluding tert-OH is 18. The minimum absolute atomic E-state index is 0.0354. The van der Waals surface area contributed by atoms with Crippen molar-refractivity contribution in [3.63, 3.8) is 0 Å². The lowest BCUT2D eigenvalue weighted by Crippen LogP contribution is -2.68. The van der Waals surface area contributed by atoms with Gasteiger partial charge in [-0.05, 0) is 131 Å². The van der Waals surface area contributed by atoms with Crippen LogP contribution < -0.4 is 0 Å². The molecule has 6 heterocycles. The number of carbonyl (C=O) groups is 1. The van der Waals surface area contributed by atoms with Crippen LogP contribution in [0.1, 0.15) is 113 Å². The summed E-state index contributed by atoms with van der Waals surface area (Å²) in [5, 5.41) is 196. The van der Waals surface area contributed by atoms with Gasteiger partial charge in [-0.25, -0.2) is 0 Å². The van der Waals surface area contributed by atoms with Crippen molar-refractivity contribution in [2.45, 2.75) is 297 Å².